The summed E-state index contributed by atoms with van der Waals surface area (Å²) in [6.45, 7) is 7.20. The number of sulfone groups is 1. The second-order valence-corrected chi connectivity index (χ2v) is 7.09. The van der Waals surface area contributed by atoms with Gasteiger partial charge in [0.15, 0.2) is 0 Å². The molecule has 0 aromatic rings. The van der Waals surface area contributed by atoms with E-state index in [0.717, 1.165) is 39.3 Å². The van der Waals surface area contributed by atoms with Crippen LogP contribution in [0.2, 0.25) is 0 Å². The van der Waals surface area contributed by atoms with Gasteiger partial charge < -0.3 is 5.32 Å². The van der Waals surface area contributed by atoms with E-state index in [1.54, 1.807) is 0 Å². The molecular weight excluding hydrogens is 226 g/mol. The van der Waals surface area contributed by atoms with E-state index in [-0.39, 0.29) is 0 Å². The summed E-state index contributed by atoms with van der Waals surface area (Å²) in [6.07, 6.45) is 1.31. The number of nitrogens with one attached hydrogen (secondary N) is 1. The summed E-state index contributed by atoms with van der Waals surface area (Å²) in [7, 11) is -2.80. The first-order valence-electron chi connectivity index (χ1n) is 5.89. The SMILES string of the molecule is CS(=O)(=O)CCN1CC(N2CCNCC2)C1. The summed E-state index contributed by atoms with van der Waals surface area (Å²) in [4.78, 5) is 4.74. The molecule has 0 atom stereocenters. The van der Waals surface area contributed by atoms with Gasteiger partial charge in [0.05, 0.1) is 5.75 Å². The van der Waals surface area contributed by atoms with Crippen molar-refractivity contribution in [2.24, 2.45) is 0 Å². The molecule has 0 amide bonds. The molecule has 2 saturated heterocycles. The maximum Gasteiger partial charge on any atom is 0.148 e. The number of hydrogen-bond donors (Lipinski definition) is 1. The Morgan fingerprint density at radius 2 is 1.88 bits per heavy atom. The maximum atomic E-state index is 11.0. The number of rotatable bonds is 4. The van der Waals surface area contributed by atoms with E-state index in [9.17, 15) is 8.42 Å². The topological polar surface area (TPSA) is 52.7 Å². The van der Waals surface area contributed by atoms with E-state index in [2.05, 4.69) is 15.1 Å². The van der Waals surface area contributed by atoms with Crippen molar-refractivity contribution in [2.75, 3.05) is 57.8 Å². The second-order valence-electron chi connectivity index (χ2n) is 4.83. The number of nitrogens with zero attached hydrogens (tertiary/aromatic N) is 2. The van der Waals surface area contributed by atoms with Crippen molar-refractivity contribution in [1.29, 1.82) is 0 Å². The molecule has 2 fully saturated rings. The van der Waals surface area contributed by atoms with Gasteiger partial charge in [0.2, 0.25) is 0 Å². The minimum atomic E-state index is -2.80. The van der Waals surface area contributed by atoms with E-state index >= 15 is 0 Å². The third-order valence-electron chi connectivity index (χ3n) is 3.38. The number of hydrogen-bond acceptors (Lipinski definition) is 5. The molecule has 0 aliphatic carbocycles. The molecule has 2 aliphatic heterocycles. The van der Waals surface area contributed by atoms with Crippen LogP contribution in [0.5, 0.6) is 0 Å². The lowest BCUT2D eigenvalue weighted by atomic mass is 10.1. The van der Waals surface area contributed by atoms with Gasteiger partial charge in [0, 0.05) is 58.1 Å². The average molecular weight is 247 g/mol. The average Bonchev–Trinajstić information content (AvgIpc) is 2.15. The summed E-state index contributed by atoms with van der Waals surface area (Å²) in [5, 5.41) is 3.34. The molecular formula is C10H21N3O2S. The van der Waals surface area contributed by atoms with Crippen LogP contribution in [0.25, 0.3) is 0 Å². The normalized spacial score (nSPS) is 25.6. The molecule has 5 nitrogen and oxygen atoms in total. The monoisotopic (exact) mass is 247 g/mol. The van der Waals surface area contributed by atoms with Crippen LogP contribution in [0.15, 0.2) is 0 Å². The van der Waals surface area contributed by atoms with Gasteiger partial charge in [-0.05, 0) is 0 Å². The van der Waals surface area contributed by atoms with Crippen molar-refractivity contribution >= 4 is 9.84 Å². The van der Waals surface area contributed by atoms with Gasteiger partial charge in [-0.2, -0.15) is 0 Å². The standard InChI is InChI=1S/C10H21N3O2S/c1-16(14,15)7-6-12-8-10(9-12)13-4-2-11-3-5-13/h10-11H,2-9H2,1H3. The van der Waals surface area contributed by atoms with Crippen molar-refractivity contribution in [3.05, 3.63) is 0 Å². The highest BCUT2D eigenvalue weighted by atomic mass is 32.2. The van der Waals surface area contributed by atoms with Crippen molar-refractivity contribution in [2.45, 2.75) is 6.04 Å². The summed E-state index contributed by atoms with van der Waals surface area (Å²) in [5.41, 5.74) is 0. The fourth-order valence-electron chi connectivity index (χ4n) is 2.30. The Morgan fingerprint density at radius 1 is 1.25 bits per heavy atom. The van der Waals surface area contributed by atoms with Crippen LogP contribution < -0.4 is 5.32 Å². The van der Waals surface area contributed by atoms with Crippen LogP contribution in [0.4, 0.5) is 0 Å². The molecule has 1 N–H and O–H groups in total. The highest BCUT2D eigenvalue weighted by Crippen LogP contribution is 2.15. The van der Waals surface area contributed by atoms with E-state index in [1.807, 2.05) is 0 Å². The van der Waals surface area contributed by atoms with Gasteiger partial charge in [-0.15, -0.1) is 0 Å². The van der Waals surface area contributed by atoms with Gasteiger partial charge in [0.1, 0.15) is 9.84 Å². The molecule has 6 heteroatoms. The molecule has 2 heterocycles. The highest BCUT2D eigenvalue weighted by Gasteiger charge is 2.32. The lowest BCUT2D eigenvalue weighted by Crippen LogP contribution is -2.63. The Balaban J connectivity index is 1.65. The lowest BCUT2D eigenvalue weighted by Gasteiger charge is -2.46. The molecule has 2 rings (SSSR count). The fraction of sp³-hybridized carbons (Fsp3) is 1.00. The minimum absolute atomic E-state index is 0.293. The van der Waals surface area contributed by atoms with Gasteiger partial charge >= 0.3 is 0 Å². The van der Waals surface area contributed by atoms with E-state index in [4.69, 9.17) is 0 Å². The third kappa shape index (κ3) is 3.41. The van der Waals surface area contributed by atoms with Crippen LogP contribution >= 0.6 is 0 Å². The van der Waals surface area contributed by atoms with Crippen molar-refractivity contribution in [1.82, 2.24) is 15.1 Å². The van der Waals surface area contributed by atoms with Crippen LogP contribution in [-0.2, 0) is 9.84 Å². The molecule has 0 radical (unpaired) electrons. The van der Waals surface area contributed by atoms with Gasteiger partial charge in [-0.25, -0.2) is 8.42 Å². The first-order chi connectivity index (χ1) is 7.54. The largest absolute Gasteiger partial charge is 0.314 e. The zero-order valence-electron chi connectivity index (χ0n) is 9.85. The van der Waals surface area contributed by atoms with Gasteiger partial charge in [-0.1, -0.05) is 0 Å². The Hall–Kier alpha value is -0.170. The van der Waals surface area contributed by atoms with E-state index in [1.165, 1.54) is 6.26 Å². The minimum Gasteiger partial charge on any atom is -0.314 e. The Kier molecular flexibility index (Phi) is 3.84. The smallest absolute Gasteiger partial charge is 0.148 e. The number of piperazine rings is 1. The molecule has 0 bridgehead atoms. The Labute approximate surface area is 97.7 Å². The fourth-order valence-corrected chi connectivity index (χ4v) is 2.89. The summed E-state index contributed by atoms with van der Waals surface area (Å²) in [6, 6.07) is 0.654. The maximum absolute atomic E-state index is 11.0. The predicted octanol–water partition coefficient (Wildman–Crippen LogP) is -1.38. The van der Waals surface area contributed by atoms with E-state index < -0.39 is 9.84 Å². The third-order valence-corrected chi connectivity index (χ3v) is 4.31. The summed E-state index contributed by atoms with van der Waals surface area (Å²) in [5.74, 6) is 0.293. The molecule has 0 aromatic carbocycles. The van der Waals surface area contributed by atoms with Crippen molar-refractivity contribution < 1.29 is 8.42 Å². The predicted molar refractivity (Wildman–Crippen MR) is 64.4 cm³/mol. The van der Waals surface area contributed by atoms with Crippen LogP contribution in [0.3, 0.4) is 0 Å². The highest BCUT2D eigenvalue weighted by molar-refractivity contribution is 7.90. The van der Waals surface area contributed by atoms with Crippen LogP contribution in [-0.4, -0.2) is 82.1 Å². The molecule has 0 saturated carbocycles. The molecule has 94 valence electrons. The zero-order chi connectivity index (χ0) is 11.6. The molecule has 0 unspecified atom stereocenters. The molecule has 0 aromatic heterocycles. The van der Waals surface area contributed by atoms with Crippen LogP contribution in [0, 0.1) is 0 Å². The molecule has 2 aliphatic rings. The van der Waals surface area contributed by atoms with Gasteiger partial charge in [-0.3, -0.25) is 9.80 Å². The molecule has 16 heavy (non-hydrogen) atoms. The quantitative estimate of drug-likeness (QED) is 0.664. The molecule has 0 spiro atoms. The number of likely N-dealkylation sites (tertiary alicyclic amines) is 1. The first-order valence-corrected chi connectivity index (χ1v) is 7.95. The Morgan fingerprint density at radius 3 is 2.44 bits per heavy atom. The lowest BCUT2D eigenvalue weighted by molar-refractivity contribution is 0.0314. The van der Waals surface area contributed by atoms with Gasteiger partial charge in [0.25, 0.3) is 0 Å². The van der Waals surface area contributed by atoms with Crippen molar-refractivity contribution in [3.63, 3.8) is 0 Å². The van der Waals surface area contributed by atoms with Crippen molar-refractivity contribution in [3.8, 4) is 0 Å². The van der Waals surface area contributed by atoms with E-state index in [0.29, 0.717) is 18.3 Å². The van der Waals surface area contributed by atoms with Crippen LogP contribution in [0.1, 0.15) is 0 Å². The summed E-state index contributed by atoms with van der Waals surface area (Å²) < 4.78 is 22.0. The first kappa shape index (κ1) is 12.3. The Bertz CT molecular complexity index is 319. The second kappa shape index (κ2) is 5.00. The summed E-state index contributed by atoms with van der Waals surface area (Å²) >= 11 is 0. The zero-order valence-corrected chi connectivity index (χ0v) is 10.7.